The van der Waals surface area contributed by atoms with Crippen LogP contribution >= 0.6 is 0 Å². The van der Waals surface area contributed by atoms with Gasteiger partial charge >= 0.3 is 0 Å². The van der Waals surface area contributed by atoms with E-state index in [-0.39, 0.29) is 17.6 Å². The number of aromatic nitrogens is 1. The van der Waals surface area contributed by atoms with E-state index < -0.39 is 0 Å². The summed E-state index contributed by atoms with van der Waals surface area (Å²) >= 11 is 0. The molecule has 222 valence electrons. The summed E-state index contributed by atoms with van der Waals surface area (Å²) < 4.78 is 24.0. The predicted molar refractivity (Wildman–Crippen MR) is 170 cm³/mol. The van der Waals surface area contributed by atoms with Crippen molar-refractivity contribution in [1.29, 1.82) is 0 Å². The van der Waals surface area contributed by atoms with Gasteiger partial charge in [-0.25, -0.2) is 0 Å². The number of benzene rings is 3. The highest BCUT2D eigenvalue weighted by Gasteiger charge is 2.21. The molecule has 42 heavy (non-hydrogen) atoms. The largest absolute Gasteiger partial charge is 0.493 e. The number of fused-ring (bicyclic) bond motifs is 1. The molecule has 0 aliphatic carbocycles. The number of anilines is 2. The second kappa shape index (κ2) is 13.0. The Bertz CT molecular complexity index is 1460. The highest BCUT2D eigenvalue weighted by Crippen LogP contribution is 2.37. The summed E-state index contributed by atoms with van der Waals surface area (Å²) in [6.07, 6.45) is 3.21. The lowest BCUT2D eigenvalue weighted by atomic mass is 9.87. The van der Waals surface area contributed by atoms with Gasteiger partial charge in [0.15, 0.2) is 11.5 Å². The number of ether oxygens (including phenoxy) is 4. The molecule has 1 fully saturated rings. The van der Waals surface area contributed by atoms with E-state index in [4.69, 9.17) is 18.9 Å². The van der Waals surface area contributed by atoms with Crippen LogP contribution in [-0.2, 0) is 10.2 Å². The smallest absolute Gasteiger partial charge is 0.163 e. The Morgan fingerprint density at radius 3 is 2.19 bits per heavy atom. The molecule has 1 aromatic heterocycles. The van der Waals surface area contributed by atoms with Crippen LogP contribution in [0.25, 0.3) is 10.9 Å². The molecule has 7 heteroatoms. The van der Waals surface area contributed by atoms with Gasteiger partial charge in [0, 0.05) is 48.7 Å². The fourth-order valence-electron chi connectivity index (χ4n) is 5.38. The van der Waals surface area contributed by atoms with Gasteiger partial charge in [0.05, 0.1) is 31.4 Å². The summed E-state index contributed by atoms with van der Waals surface area (Å²) in [6, 6.07) is 22.3. The van der Waals surface area contributed by atoms with Crippen LogP contribution in [0.4, 0.5) is 11.4 Å². The van der Waals surface area contributed by atoms with Crippen molar-refractivity contribution < 1.29 is 18.9 Å². The molecule has 1 N–H and O–H groups in total. The van der Waals surface area contributed by atoms with Crippen LogP contribution in [0.3, 0.4) is 0 Å². The molecule has 1 saturated heterocycles. The summed E-state index contributed by atoms with van der Waals surface area (Å²) in [5, 5.41) is 4.32. The summed E-state index contributed by atoms with van der Waals surface area (Å²) in [4.78, 5) is 7.01. The summed E-state index contributed by atoms with van der Waals surface area (Å²) in [5.41, 5.74) is 4.27. The molecule has 0 radical (unpaired) electrons. The molecule has 0 saturated carbocycles. The van der Waals surface area contributed by atoms with Gasteiger partial charge in [-0.2, -0.15) is 0 Å². The van der Waals surface area contributed by atoms with E-state index in [1.807, 2.05) is 42.5 Å². The van der Waals surface area contributed by atoms with Crippen molar-refractivity contribution in [3.63, 3.8) is 0 Å². The molecule has 7 nitrogen and oxygen atoms in total. The first-order chi connectivity index (χ1) is 20.2. The maximum atomic E-state index is 6.29. The zero-order chi connectivity index (χ0) is 29.7. The highest BCUT2D eigenvalue weighted by molar-refractivity contribution is 5.88. The Morgan fingerprint density at radius 2 is 1.55 bits per heavy atom. The second-order valence-corrected chi connectivity index (χ2v) is 12.1. The number of methoxy groups -OCH3 is 1. The molecule has 0 spiro atoms. The lowest BCUT2D eigenvalue weighted by Gasteiger charge is -2.35. The number of nitrogens with one attached hydrogen (secondary N) is 1. The van der Waals surface area contributed by atoms with Crippen molar-refractivity contribution in [3.05, 3.63) is 78.5 Å². The van der Waals surface area contributed by atoms with Crippen molar-refractivity contribution in [2.24, 2.45) is 0 Å². The molecule has 2 unspecified atom stereocenters. The van der Waals surface area contributed by atoms with E-state index in [1.165, 1.54) is 5.56 Å². The molecule has 5 rings (SSSR count). The molecule has 0 bridgehead atoms. The molecular formula is C35H43N3O4. The van der Waals surface area contributed by atoms with Gasteiger partial charge in [0.1, 0.15) is 11.5 Å². The van der Waals surface area contributed by atoms with Gasteiger partial charge < -0.3 is 24.3 Å². The van der Waals surface area contributed by atoms with Crippen molar-refractivity contribution >= 4 is 22.3 Å². The first-order valence-electron chi connectivity index (χ1n) is 14.8. The molecule has 1 aliphatic rings. The highest BCUT2D eigenvalue weighted by atomic mass is 16.5. The number of morpholine rings is 1. The number of rotatable bonds is 10. The number of pyridine rings is 1. The fraction of sp³-hybridized carbons (Fsp3) is 0.400. The normalized spacial score (nSPS) is 17.7. The van der Waals surface area contributed by atoms with Gasteiger partial charge in [-0.3, -0.25) is 9.88 Å². The lowest BCUT2D eigenvalue weighted by Crippen LogP contribution is -2.45. The third kappa shape index (κ3) is 7.52. The summed E-state index contributed by atoms with van der Waals surface area (Å²) in [7, 11) is 1.66. The van der Waals surface area contributed by atoms with Gasteiger partial charge in [0.25, 0.3) is 0 Å². The molecule has 3 aromatic carbocycles. The predicted octanol–water partition coefficient (Wildman–Crippen LogP) is 7.95. The fourth-order valence-corrected chi connectivity index (χ4v) is 5.38. The van der Waals surface area contributed by atoms with Crippen LogP contribution in [0, 0.1) is 0 Å². The third-order valence-corrected chi connectivity index (χ3v) is 7.48. The number of hydrogen-bond acceptors (Lipinski definition) is 7. The van der Waals surface area contributed by atoms with Crippen molar-refractivity contribution in [2.45, 2.75) is 58.7 Å². The van der Waals surface area contributed by atoms with Crippen LogP contribution in [0.1, 0.15) is 46.6 Å². The van der Waals surface area contributed by atoms with E-state index in [2.05, 4.69) is 74.1 Å². The Balaban J connectivity index is 1.22. The van der Waals surface area contributed by atoms with Crippen LogP contribution < -0.4 is 19.5 Å². The van der Waals surface area contributed by atoms with Gasteiger partial charge in [-0.05, 0) is 79.8 Å². The van der Waals surface area contributed by atoms with E-state index in [0.29, 0.717) is 23.9 Å². The minimum atomic E-state index is 0.133. The van der Waals surface area contributed by atoms with Crippen LogP contribution in [0.5, 0.6) is 23.0 Å². The maximum absolute atomic E-state index is 6.29. The zero-order valence-corrected chi connectivity index (χ0v) is 25.6. The van der Waals surface area contributed by atoms with Crippen LogP contribution in [-0.4, -0.2) is 55.4 Å². The molecule has 4 aromatic rings. The van der Waals surface area contributed by atoms with E-state index >= 15 is 0 Å². The summed E-state index contributed by atoms with van der Waals surface area (Å²) in [5.74, 6) is 2.79. The Hall–Kier alpha value is -3.81. The molecule has 0 amide bonds. The third-order valence-electron chi connectivity index (χ3n) is 7.48. The summed E-state index contributed by atoms with van der Waals surface area (Å²) in [6.45, 7) is 14.4. The quantitative estimate of drug-likeness (QED) is 0.194. The molecule has 2 atom stereocenters. The second-order valence-electron chi connectivity index (χ2n) is 12.1. The van der Waals surface area contributed by atoms with Crippen LogP contribution in [0.2, 0.25) is 0 Å². The van der Waals surface area contributed by atoms with Crippen LogP contribution in [0.15, 0.2) is 72.9 Å². The number of nitrogens with zero attached hydrogens (tertiary/aromatic N) is 2. The van der Waals surface area contributed by atoms with Crippen molar-refractivity contribution in [2.75, 3.05) is 38.7 Å². The zero-order valence-electron chi connectivity index (χ0n) is 25.6. The SMILES string of the molecule is COc1cc2c(Oc3ccc(Nc4ccc(C(C)(C)C)cc4)cc3)ccnc2cc1OCCCN1CC(C)OC(C)C1. The van der Waals surface area contributed by atoms with Gasteiger partial charge in [0.2, 0.25) is 0 Å². The minimum Gasteiger partial charge on any atom is -0.493 e. The Morgan fingerprint density at radius 1 is 0.881 bits per heavy atom. The monoisotopic (exact) mass is 569 g/mol. The lowest BCUT2D eigenvalue weighted by molar-refractivity contribution is -0.0686. The molecule has 1 aliphatic heterocycles. The van der Waals surface area contributed by atoms with Crippen molar-refractivity contribution in [1.82, 2.24) is 9.88 Å². The van der Waals surface area contributed by atoms with E-state index in [0.717, 1.165) is 54.1 Å². The van der Waals surface area contributed by atoms with Crippen molar-refractivity contribution in [3.8, 4) is 23.0 Å². The maximum Gasteiger partial charge on any atom is 0.163 e. The first-order valence-corrected chi connectivity index (χ1v) is 14.8. The molecular weight excluding hydrogens is 526 g/mol. The van der Waals surface area contributed by atoms with Gasteiger partial charge in [-0.15, -0.1) is 0 Å². The Labute approximate surface area is 249 Å². The standard InChI is InChI=1S/C35H43N3O4/c1-24-22-38(23-25(2)41-24)18-7-19-40-34-21-31-30(20-33(34)39-6)32(16-17-36-31)42-29-14-12-28(13-15-29)37-27-10-8-26(9-11-27)35(3,4)5/h8-17,20-21,24-25,37H,7,18-19,22-23H2,1-6H3. The Kier molecular flexibility index (Phi) is 9.19. The first kappa shape index (κ1) is 29.7. The van der Waals surface area contributed by atoms with E-state index in [1.54, 1.807) is 13.3 Å². The van der Waals surface area contributed by atoms with E-state index in [9.17, 15) is 0 Å². The average Bonchev–Trinajstić information content (AvgIpc) is 2.95. The molecule has 2 heterocycles. The number of hydrogen-bond donors (Lipinski definition) is 1. The minimum absolute atomic E-state index is 0.133. The van der Waals surface area contributed by atoms with Gasteiger partial charge in [-0.1, -0.05) is 32.9 Å². The average molecular weight is 570 g/mol. The topological polar surface area (TPSA) is 65.1 Å².